The number of carbonyl (C=O) groups is 1. The number of thiazole rings is 1. The minimum atomic E-state index is -3.88. The van der Waals surface area contributed by atoms with Gasteiger partial charge in [-0.3, -0.25) is 4.79 Å². The number of halogens is 2. The molecule has 3 rings (SSSR count). The van der Waals surface area contributed by atoms with Gasteiger partial charge in [0.2, 0.25) is 5.91 Å². The zero-order chi connectivity index (χ0) is 20.3. The number of hydrogen-bond donors (Lipinski definition) is 2. The average Bonchev–Trinajstić information content (AvgIpc) is 3.17. The molecule has 28 heavy (non-hydrogen) atoms. The normalized spacial score (nSPS) is 22.1. The van der Waals surface area contributed by atoms with Gasteiger partial charge in [0.1, 0.15) is 16.9 Å². The molecule has 0 saturated carbocycles. The monoisotopic (exact) mass is 464 g/mol. The van der Waals surface area contributed by atoms with E-state index in [1.54, 1.807) is 11.6 Å². The van der Waals surface area contributed by atoms with Crippen molar-refractivity contribution in [3.05, 3.63) is 45.6 Å². The van der Waals surface area contributed by atoms with Crippen LogP contribution in [0.25, 0.3) is 0 Å². The van der Waals surface area contributed by atoms with Gasteiger partial charge in [-0.15, -0.1) is 11.3 Å². The number of nitrogens with one attached hydrogen (secondary N) is 2. The van der Waals surface area contributed by atoms with E-state index in [4.69, 9.17) is 11.6 Å². The van der Waals surface area contributed by atoms with Gasteiger partial charge >= 0.3 is 0 Å². The Labute approximate surface area is 175 Å². The van der Waals surface area contributed by atoms with Gasteiger partial charge in [-0.2, -0.15) is 29.2 Å². The van der Waals surface area contributed by atoms with Crippen molar-refractivity contribution in [2.45, 2.75) is 18.5 Å². The maximum Gasteiger partial charge on any atom is 0.280 e. The maximum atomic E-state index is 13.4. The Kier molecular flexibility index (Phi) is 6.94. The Hall–Kier alpha value is -1.24. The van der Waals surface area contributed by atoms with Crippen LogP contribution in [-0.4, -0.2) is 48.2 Å². The van der Waals surface area contributed by atoms with Crippen molar-refractivity contribution in [2.24, 2.45) is 0 Å². The highest BCUT2D eigenvalue weighted by Crippen LogP contribution is 2.31. The van der Waals surface area contributed by atoms with Crippen molar-refractivity contribution in [2.75, 3.05) is 23.9 Å². The lowest BCUT2D eigenvalue weighted by Gasteiger charge is -2.37. The summed E-state index contributed by atoms with van der Waals surface area (Å²) in [6.07, 6.45) is 3.67. The molecule has 1 unspecified atom stereocenters. The van der Waals surface area contributed by atoms with E-state index in [1.807, 2.05) is 6.26 Å². The lowest BCUT2D eigenvalue weighted by Crippen LogP contribution is -2.58. The molecule has 2 N–H and O–H groups in total. The molecule has 2 heterocycles. The SMILES string of the molecule is CSCCN1[C@@H](C(=O)Nc2ccc(F)c(Cl)c2)CC(c2nccs2)NS1(=O)=O. The molecule has 1 fully saturated rings. The molecule has 1 amide bonds. The van der Waals surface area contributed by atoms with Crippen LogP contribution < -0.4 is 10.0 Å². The molecule has 12 heteroatoms. The van der Waals surface area contributed by atoms with E-state index in [0.717, 1.165) is 10.4 Å². The predicted octanol–water partition coefficient (Wildman–Crippen LogP) is 2.89. The Balaban J connectivity index is 1.87. The first-order valence-corrected chi connectivity index (χ1v) is 12.3. The van der Waals surface area contributed by atoms with Crippen LogP contribution >= 0.6 is 34.7 Å². The molecule has 0 bridgehead atoms. The van der Waals surface area contributed by atoms with Gasteiger partial charge in [0.25, 0.3) is 10.2 Å². The van der Waals surface area contributed by atoms with Gasteiger partial charge in [0.15, 0.2) is 0 Å². The largest absolute Gasteiger partial charge is 0.325 e. The van der Waals surface area contributed by atoms with Crippen LogP contribution in [0, 0.1) is 5.82 Å². The van der Waals surface area contributed by atoms with Crippen molar-refractivity contribution in [3.8, 4) is 0 Å². The third kappa shape index (κ3) is 4.84. The smallest absolute Gasteiger partial charge is 0.280 e. The molecule has 2 atom stereocenters. The summed E-state index contributed by atoms with van der Waals surface area (Å²) in [6, 6.07) is 2.27. The molecule has 1 saturated heterocycles. The quantitative estimate of drug-likeness (QED) is 0.685. The number of hydrogen-bond acceptors (Lipinski definition) is 6. The third-order valence-electron chi connectivity index (χ3n) is 4.16. The number of aromatic nitrogens is 1. The van der Waals surface area contributed by atoms with Crippen LogP contribution in [0.15, 0.2) is 29.8 Å². The Morgan fingerprint density at radius 1 is 1.54 bits per heavy atom. The maximum absolute atomic E-state index is 13.4. The molecule has 0 spiro atoms. The first kappa shape index (κ1) is 21.5. The van der Waals surface area contributed by atoms with Crippen molar-refractivity contribution in [1.29, 1.82) is 0 Å². The lowest BCUT2D eigenvalue weighted by molar-refractivity contribution is -0.120. The van der Waals surface area contributed by atoms with Crippen molar-refractivity contribution < 1.29 is 17.6 Å². The molecule has 1 aromatic carbocycles. The van der Waals surface area contributed by atoms with Gasteiger partial charge < -0.3 is 5.32 Å². The number of anilines is 1. The van der Waals surface area contributed by atoms with Gasteiger partial charge in [0.05, 0.1) is 11.1 Å². The number of benzene rings is 1. The molecule has 7 nitrogen and oxygen atoms in total. The second kappa shape index (κ2) is 9.06. The molecule has 152 valence electrons. The fourth-order valence-electron chi connectivity index (χ4n) is 2.86. The minimum absolute atomic E-state index is 0.129. The summed E-state index contributed by atoms with van der Waals surface area (Å²) in [7, 11) is -3.88. The predicted molar refractivity (Wildman–Crippen MR) is 110 cm³/mol. The fourth-order valence-corrected chi connectivity index (χ4v) is 5.86. The highest BCUT2D eigenvalue weighted by Gasteiger charge is 2.43. The summed E-state index contributed by atoms with van der Waals surface area (Å²) < 4.78 is 42.7. The summed E-state index contributed by atoms with van der Waals surface area (Å²) in [5, 5.41) is 4.86. The molecule has 2 aromatic rings. The molecular weight excluding hydrogens is 447 g/mol. The Morgan fingerprint density at radius 3 is 2.96 bits per heavy atom. The van der Waals surface area contributed by atoms with Crippen molar-refractivity contribution in [3.63, 3.8) is 0 Å². The standard InChI is InChI=1S/C16H18ClFN4O3S3/c1-26-7-5-22-14(15(23)20-10-2-3-12(18)11(17)8-10)9-13(21-28(22,24)25)16-19-4-6-27-16/h2-4,6,8,13-14,21H,5,7,9H2,1H3,(H,20,23)/t13?,14-/m1/s1. The van der Waals surface area contributed by atoms with Crippen LogP contribution in [-0.2, 0) is 15.0 Å². The lowest BCUT2D eigenvalue weighted by atomic mass is 10.1. The first-order valence-electron chi connectivity index (χ1n) is 8.25. The van der Waals surface area contributed by atoms with Crippen LogP contribution in [0.4, 0.5) is 10.1 Å². The molecule has 0 aliphatic carbocycles. The number of carbonyl (C=O) groups excluding carboxylic acids is 1. The van der Waals surface area contributed by atoms with Crippen LogP contribution in [0.1, 0.15) is 17.5 Å². The Bertz CT molecular complexity index is 943. The van der Waals surface area contributed by atoms with Crippen molar-refractivity contribution >= 4 is 56.5 Å². The summed E-state index contributed by atoms with van der Waals surface area (Å²) in [5.74, 6) is -0.570. The van der Waals surface area contributed by atoms with E-state index in [-0.39, 0.29) is 18.0 Å². The van der Waals surface area contributed by atoms with E-state index >= 15 is 0 Å². The molecule has 0 radical (unpaired) electrons. The zero-order valence-corrected chi connectivity index (χ0v) is 18.0. The number of thioether (sulfide) groups is 1. The summed E-state index contributed by atoms with van der Waals surface area (Å²) in [5.41, 5.74) is 0.294. The second-order valence-corrected chi connectivity index (χ2v) is 9.99. The molecule has 1 aliphatic heterocycles. The molecular formula is C16H18ClFN4O3S3. The zero-order valence-electron chi connectivity index (χ0n) is 14.8. The Morgan fingerprint density at radius 2 is 2.32 bits per heavy atom. The van der Waals surface area contributed by atoms with Crippen LogP contribution in [0.2, 0.25) is 5.02 Å². The highest BCUT2D eigenvalue weighted by atomic mass is 35.5. The van der Waals surface area contributed by atoms with E-state index in [9.17, 15) is 17.6 Å². The molecule has 1 aromatic heterocycles. The number of rotatable bonds is 6. The van der Waals surface area contributed by atoms with Gasteiger partial charge in [0, 0.05) is 29.6 Å². The third-order valence-corrected chi connectivity index (χ3v) is 7.57. The topological polar surface area (TPSA) is 91.4 Å². The van der Waals surface area contributed by atoms with E-state index in [1.165, 1.54) is 35.2 Å². The average molecular weight is 465 g/mol. The first-order chi connectivity index (χ1) is 13.3. The highest BCUT2D eigenvalue weighted by molar-refractivity contribution is 7.98. The van der Waals surface area contributed by atoms with E-state index in [0.29, 0.717) is 16.4 Å². The second-order valence-electron chi connectivity index (χ2n) is 6.02. The van der Waals surface area contributed by atoms with Gasteiger partial charge in [-0.1, -0.05) is 11.6 Å². The summed E-state index contributed by atoms with van der Waals surface area (Å²) in [6.45, 7) is 0.184. The minimum Gasteiger partial charge on any atom is -0.325 e. The van der Waals surface area contributed by atoms with Crippen LogP contribution in [0.5, 0.6) is 0 Å². The van der Waals surface area contributed by atoms with E-state index < -0.39 is 34.0 Å². The summed E-state index contributed by atoms with van der Waals surface area (Å²) >= 11 is 8.56. The van der Waals surface area contributed by atoms with E-state index in [2.05, 4.69) is 15.0 Å². The fraction of sp³-hybridized carbons (Fsp3) is 0.375. The van der Waals surface area contributed by atoms with Crippen molar-refractivity contribution in [1.82, 2.24) is 14.0 Å². The van der Waals surface area contributed by atoms with Gasteiger partial charge in [-0.25, -0.2) is 9.37 Å². The van der Waals surface area contributed by atoms with Crippen LogP contribution in [0.3, 0.4) is 0 Å². The summed E-state index contributed by atoms with van der Waals surface area (Å²) in [4.78, 5) is 17.1. The number of nitrogens with zero attached hydrogens (tertiary/aromatic N) is 2. The molecule has 1 aliphatic rings. The number of amides is 1. The van der Waals surface area contributed by atoms with Gasteiger partial charge in [-0.05, 0) is 30.9 Å².